The Bertz CT molecular complexity index is 426. The summed E-state index contributed by atoms with van der Waals surface area (Å²) in [6.45, 7) is 6.89. The molecule has 1 saturated carbocycles. The number of hydrogen-bond donors (Lipinski definition) is 0. The molecule has 3 nitrogen and oxygen atoms in total. The van der Waals surface area contributed by atoms with Gasteiger partial charge in [-0.15, -0.1) is 0 Å². The fraction of sp³-hybridized carbons (Fsp3) is 0.778. The minimum atomic E-state index is 0.697. The number of hydrogen-bond acceptors (Lipinski definition) is 3. The van der Waals surface area contributed by atoms with Crippen molar-refractivity contribution in [2.24, 2.45) is 11.8 Å². The lowest BCUT2D eigenvalue weighted by Gasteiger charge is -2.31. The first-order valence-electron chi connectivity index (χ1n) is 8.83. The molecule has 0 atom stereocenters. The Hall–Kier alpha value is -1.12. The number of anilines is 1. The first-order chi connectivity index (χ1) is 10.3. The van der Waals surface area contributed by atoms with Crippen LogP contribution < -0.4 is 4.90 Å². The molecule has 2 heterocycles. The standard InChI is InChI=1S/C18H29N3/c1-3-15-4-6-16(7-5-15)17-12-19-18(20-13-17)21-10-8-14(2)9-11-21/h12-16H,3-11H2,1-2H3. The van der Waals surface area contributed by atoms with Crippen molar-refractivity contribution in [3.8, 4) is 0 Å². The van der Waals surface area contributed by atoms with E-state index in [2.05, 4.69) is 41.1 Å². The van der Waals surface area contributed by atoms with Gasteiger partial charge in [0.2, 0.25) is 5.95 Å². The van der Waals surface area contributed by atoms with Gasteiger partial charge in [-0.3, -0.25) is 0 Å². The summed E-state index contributed by atoms with van der Waals surface area (Å²) in [5.41, 5.74) is 1.36. The van der Waals surface area contributed by atoms with Gasteiger partial charge in [0.1, 0.15) is 0 Å². The van der Waals surface area contributed by atoms with Crippen molar-refractivity contribution >= 4 is 5.95 Å². The lowest BCUT2D eigenvalue weighted by Crippen LogP contribution is -2.34. The second kappa shape index (κ2) is 6.76. The van der Waals surface area contributed by atoms with E-state index in [4.69, 9.17) is 0 Å². The van der Waals surface area contributed by atoms with E-state index in [1.54, 1.807) is 0 Å². The molecule has 2 aliphatic rings. The molecule has 1 aliphatic heterocycles. The maximum Gasteiger partial charge on any atom is 0.225 e. The van der Waals surface area contributed by atoms with Gasteiger partial charge in [-0.2, -0.15) is 0 Å². The van der Waals surface area contributed by atoms with Crippen LogP contribution in [0.3, 0.4) is 0 Å². The van der Waals surface area contributed by atoms with Gasteiger partial charge in [-0.05, 0) is 61.8 Å². The Morgan fingerprint density at radius 3 is 2.19 bits per heavy atom. The summed E-state index contributed by atoms with van der Waals surface area (Å²) in [5, 5.41) is 0. The highest BCUT2D eigenvalue weighted by Crippen LogP contribution is 2.36. The first kappa shape index (κ1) is 14.8. The highest BCUT2D eigenvalue weighted by molar-refractivity contribution is 5.31. The van der Waals surface area contributed by atoms with Crippen LogP contribution in [0.4, 0.5) is 5.95 Å². The van der Waals surface area contributed by atoms with Crippen LogP contribution >= 0.6 is 0 Å². The molecular weight excluding hydrogens is 258 g/mol. The molecule has 0 amide bonds. The molecule has 1 aromatic rings. The first-order valence-corrected chi connectivity index (χ1v) is 8.83. The van der Waals surface area contributed by atoms with Gasteiger partial charge in [-0.1, -0.05) is 20.3 Å². The molecule has 3 rings (SSSR count). The zero-order valence-electron chi connectivity index (χ0n) is 13.6. The second-order valence-electron chi connectivity index (χ2n) is 7.11. The molecule has 21 heavy (non-hydrogen) atoms. The Morgan fingerprint density at radius 1 is 1.00 bits per heavy atom. The highest BCUT2D eigenvalue weighted by Gasteiger charge is 2.22. The van der Waals surface area contributed by atoms with Crippen LogP contribution in [0, 0.1) is 11.8 Å². The van der Waals surface area contributed by atoms with Crippen molar-refractivity contribution in [2.45, 2.75) is 64.7 Å². The summed E-state index contributed by atoms with van der Waals surface area (Å²) in [4.78, 5) is 11.7. The molecule has 0 radical (unpaired) electrons. The van der Waals surface area contributed by atoms with Gasteiger partial charge in [-0.25, -0.2) is 9.97 Å². The number of aromatic nitrogens is 2. The van der Waals surface area contributed by atoms with Crippen LogP contribution in [0.1, 0.15) is 70.3 Å². The van der Waals surface area contributed by atoms with Gasteiger partial charge in [0.05, 0.1) is 0 Å². The molecule has 0 N–H and O–H groups in total. The van der Waals surface area contributed by atoms with Crippen molar-refractivity contribution in [3.05, 3.63) is 18.0 Å². The summed E-state index contributed by atoms with van der Waals surface area (Å²) < 4.78 is 0. The van der Waals surface area contributed by atoms with E-state index in [9.17, 15) is 0 Å². The Morgan fingerprint density at radius 2 is 1.62 bits per heavy atom. The third kappa shape index (κ3) is 3.56. The zero-order chi connectivity index (χ0) is 14.7. The van der Waals surface area contributed by atoms with E-state index in [1.165, 1.54) is 50.5 Å². The van der Waals surface area contributed by atoms with Crippen LogP contribution in [-0.2, 0) is 0 Å². The number of nitrogens with zero attached hydrogens (tertiary/aromatic N) is 3. The molecule has 0 bridgehead atoms. The van der Waals surface area contributed by atoms with E-state index >= 15 is 0 Å². The fourth-order valence-corrected chi connectivity index (χ4v) is 3.82. The van der Waals surface area contributed by atoms with Crippen molar-refractivity contribution in [2.75, 3.05) is 18.0 Å². The van der Waals surface area contributed by atoms with Gasteiger partial charge in [0.25, 0.3) is 0 Å². The van der Waals surface area contributed by atoms with Crippen LogP contribution in [-0.4, -0.2) is 23.1 Å². The minimum absolute atomic E-state index is 0.697. The summed E-state index contributed by atoms with van der Waals surface area (Å²) in [7, 11) is 0. The third-order valence-corrected chi connectivity index (χ3v) is 5.62. The van der Waals surface area contributed by atoms with Crippen molar-refractivity contribution < 1.29 is 0 Å². The van der Waals surface area contributed by atoms with E-state index < -0.39 is 0 Å². The molecule has 2 fully saturated rings. The molecule has 0 aromatic carbocycles. The van der Waals surface area contributed by atoms with Gasteiger partial charge in [0.15, 0.2) is 0 Å². The largest absolute Gasteiger partial charge is 0.341 e. The average Bonchev–Trinajstić information content (AvgIpc) is 2.56. The molecule has 1 saturated heterocycles. The van der Waals surface area contributed by atoms with Crippen molar-refractivity contribution in [1.82, 2.24) is 9.97 Å². The number of piperidine rings is 1. The monoisotopic (exact) mass is 287 g/mol. The van der Waals surface area contributed by atoms with E-state index in [0.29, 0.717) is 5.92 Å². The molecule has 116 valence electrons. The van der Waals surface area contributed by atoms with E-state index in [1.807, 2.05) is 0 Å². The molecular formula is C18H29N3. The molecule has 3 heteroatoms. The lowest BCUT2D eigenvalue weighted by atomic mass is 9.78. The van der Waals surface area contributed by atoms with E-state index in [-0.39, 0.29) is 0 Å². The Kier molecular flexibility index (Phi) is 4.77. The summed E-state index contributed by atoms with van der Waals surface area (Å²) in [5.74, 6) is 3.45. The predicted molar refractivity (Wildman–Crippen MR) is 87.6 cm³/mol. The molecule has 1 aromatic heterocycles. The number of rotatable bonds is 3. The molecule has 0 spiro atoms. The van der Waals surface area contributed by atoms with Crippen LogP contribution in [0.2, 0.25) is 0 Å². The lowest BCUT2D eigenvalue weighted by molar-refractivity contribution is 0.318. The SMILES string of the molecule is CCC1CCC(c2cnc(N3CCC(C)CC3)nc2)CC1. The summed E-state index contributed by atoms with van der Waals surface area (Å²) in [6, 6.07) is 0. The Balaban J connectivity index is 1.59. The average molecular weight is 287 g/mol. The van der Waals surface area contributed by atoms with Crippen LogP contribution in [0.25, 0.3) is 0 Å². The van der Waals surface area contributed by atoms with Crippen LogP contribution in [0.5, 0.6) is 0 Å². The van der Waals surface area contributed by atoms with Crippen molar-refractivity contribution in [3.63, 3.8) is 0 Å². The van der Waals surface area contributed by atoms with Gasteiger partial charge >= 0.3 is 0 Å². The van der Waals surface area contributed by atoms with Crippen molar-refractivity contribution in [1.29, 1.82) is 0 Å². The maximum atomic E-state index is 4.66. The third-order valence-electron chi connectivity index (χ3n) is 5.62. The normalized spacial score (nSPS) is 27.8. The second-order valence-corrected chi connectivity index (χ2v) is 7.11. The fourth-order valence-electron chi connectivity index (χ4n) is 3.82. The zero-order valence-corrected chi connectivity index (χ0v) is 13.6. The van der Waals surface area contributed by atoms with Crippen LogP contribution in [0.15, 0.2) is 12.4 Å². The minimum Gasteiger partial charge on any atom is -0.341 e. The quantitative estimate of drug-likeness (QED) is 0.825. The van der Waals surface area contributed by atoms with E-state index in [0.717, 1.165) is 30.9 Å². The molecule has 1 aliphatic carbocycles. The topological polar surface area (TPSA) is 29.0 Å². The van der Waals surface area contributed by atoms with Gasteiger partial charge in [0, 0.05) is 25.5 Å². The summed E-state index contributed by atoms with van der Waals surface area (Å²) >= 11 is 0. The molecule has 0 unspecified atom stereocenters. The van der Waals surface area contributed by atoms with Gasteiger partial charge < -0.3 is 4.90 Å². The maximum absolute atomic E-state index is 4.66. The predicted octanol–water partition coefficient (Wildman–Crippen LogP) is 4.40. The Labute approximate surface area is 129 Å². The smallest absolute Gasteiger partial charge is 0.225 e. The highest BCUT2D eigenvalue weighted by atomic mass is 15.2. The summed E-state index contributed by atoms with van der Waals surface area (Å²) in [6.07, 6.45) is 13.5.